The van der Waals surface area contributed by atoms with Crippen LogP contribution in [0, 0.1) is 17.6 Å². The summed E-state index contributed by atoms with van der Waals surface area (Å²) in [5, 5.41) is 15.5. The Kier molecular flexibility index (Phi) is 6.74. The van der Waals surface area contributed by atoms with Gasteiger partial charge in [0.05, 0.1) is 12.1 Å². The standard InChI is InChI=1S/C16H24F2N2O2/c1-5-9(2)10(3)19-16(22)20-11(4)15(21)12-6-7-13(17)14(18)8-12/h6-11,15,21H,5H2,1-4H3,(H2,19,20,22). The van der Waals surface area contributed by atoms with Gasteiger partial charge in [-0.3, -0.25) is 0 Å². The highest BCUT2D eigenvalue weighted by molar-refractivity contribution is 5.74. The average molecular weight is 314 g/mol. The van der Waals surface area contributed by atoms with E-state index in [0.717, 1.165) is 18.6 Å². The summed E-state index contributed by atoms with van der Waals surface area (Å²) >= 11 is 0. The zero-order chi connectivity index (χ0) is 16.9. The quantitative estimate of drug-likeness (QED) is 0.755. The van der Waals surface area contributed by atoms with Crippen LogP contribution in [0.3, 0.4) is 0 Å². The SMILES string of the molecule is CCC(C)C(C)NC(=O)NC(C)C(O)c1ccc(F)c(F)c1. The fourth-order valence-electron chi connectivity index (χ4n) is 2.02. The number of urea groups is 1. The molecular formula is C16H24F2N2O2. The number of halogens is 2. The van der Waals surface area contributed by atoms with Crippen LogP contribution in [0.25, 0.3) is 0 Å². The Morgan fingerprint density at radius 1 is 1.14 bits per heavy atom. The molecule has 0 saturated heterocycles. The van der Waals surface area contributed by atoms with Gasteiger partial charge in [-0.1, -0.05) is 26.3 Å². The van der Waals surface area contributed by atoms with Gasteiger partial charge in [0.15, 0.2) is 11.6 Å². The van der Waals surface area contributed by atoms with E-state index in [1.54, 1.807) is 6.92 Å². The van der Waals surface area contributed by atoms with Gasteiger partial charge in [0.1, 0.15) is 0 Å². The summed E-state index contributed by atoms with van der Waals surface area (Å²) in [6.45, 7) is 7.57. The minimum absolute atomic E-state index is 0.00221. The van der Waals surface area contributed by atoms with Crippen LogP contribution >= 0.6 is 0 Å². The van der Waals surface area contributed by atoms with E-state index in [9.17, 15) is 18.7 Å². The van der Waals surface area contributed by atoms with Gasteiger partial charge in [-0.25, -0.2) is 13.6 Å². The molecule has 6 heteroatoms. The lowest BCUT2D eigenvalue weighted by Gasteiger charge is -2.24. The molecule has 0 spiro atoms. The van der Waals surface area contributed by atoms with Gasteiger partial charge in [0, 0.05) is 6.04 Å². The molecule has 4 unspecified atom stereocenters. The third-order valence-electron chi connectivity index (χ3n) is 3.97. The van der Waals surface area contributed by atoms with Crippen molar-refractivity contribution < 1.29 is 18.7 Å². The fraction of sp³-hybridized carbons (Fsp3) is 0.562. The molecule has 0 aromatic heterocycles. The third kappa shape index (κ3) is 4.94. The number of hydrogen-bond acceptors (Lipinski definition) is 2. The number of nitrogens with one attached hydrogen (secondary N) is 2. The van der Waals surface area contributed by atoms with Crippen LogP contribution in [0.1, 0.15) is 45.8 Å². The predicted octanol–water partition coefficient (Wildman–Crippen LogP) is 3.12. The van der Waals surface area contributed by atoms with Gasteiger partial charge < -0.3 is 15.7 Å². The number of carbonyl (C=O) groups is 1. The summed E-state index contributed by atoms with van der Waals surface area (Å²) in [6, 6.07) is 2.12. The molecular weight excluding hydrogens is 290 g/mol. The number of aliphatic hydroxyl groups excluding tert-OH is 1. The Labute approximate surface area is 129 Å². The first-order valence-electron chi connectivity index (χ1n) is 7.46. The molecule has 4 atom stereocenters. The van der Waals surface area contributed by atoms with Gasteiger partial charge in [-0.2, -0.15) is 0 Å². The molecule has 1 aromatic rings. The van der Waals surface area contributed by atoms with Crippen molar-refractivity contribution in [1.82, 2.24) is 10.6 Å². The number of carbonyl (C=O) groups excluding carboxylic acids is 1. The van der Waals surface area contributed by atoms with Crippen molar-refractivity contribution in [2.75, 3.05) is 0 Å². The summed E-state index contributed by atoms with van der Waals surface area (Å²) in [4.78, 5) is 11.9. The van der Waals surface area contributed by atoms with Crippen LogP contribution < -0.4 is 10.6 Å². The summed E-state index contributed by atoms with van der Waals surface area (Å²) in [5.41, 5.74) is 0.210. The lowest BCUT2D eigenvalue weighted by molar-refractivity contribution is 0.136. The van der Waals surface area contributed by atoms with E-state index < -0.39 is 29.8 Å². The maximum atomic E-state index is 13.2. The van der Waals surface area contributed by atoms with Crippen molar-refractivity contribution in [3.63, 3.8) is 0 Å². The van der Waals surface area contributed by atoms with E-state index in [1.807, 2.05) is 20.8 Å². The first-order valence-corrected chi connectivity index (χ1v) is 7.46. The van der Waals surface area contributed by atoms with E-state index in [-0.39, 0.29) is 11.6 Å². The number of amides is 2. The molecule has 0 aliphatic carbocycles. The number of hydrogen-bond donors (Lipinski definition) is 3. The molecule has 2 amide bonds. The minimum Gasteiger partial charge on any atom is -0.386 e. The van der Waals surface area contributed by atoms with Crippen LogP contribution in [0.15, 0.2) is 18.2 Å². The Morgan fingerprint density at radius 3 is 2.27 bits per heavy atom. The first-order chi connectivity index (χ1) is 10.3. The normalized spacial score (nSPS) is 16.5. The van der Waals surface area contributed by atoms with Crippen LogP contribution in [0.4, 0.5) is 13.6 Å². The van der Waals surface area contributed by atoms with Gasteiger partial charge in [-0.05, 0) is 37.5 Å². The number of benzene rings is 1. The van der Waals surface area contributed by atoms with Crippen molar-refractivity contribution in [2.24, 2.45) is 5.92 Å². The third-order valence-corrected chi connectivity index (χ3v) is 3.97. The van der Waals surface area contributed by atoms with Gasteiger partial charge in [0.2, 0.25) is 0 Å². The average Bonchev–Trinajstić information content (AvgIpc) is 2.47. The smallest absolute Gasteiger partial charge is 0.315 e. The molecule has 0 heterocycles. The van der Waals surface area contributed by atoms with Crippen molar-refractivity contribution in [3.8, 4) is 0 Å². The molecule has 3 N–H and O–H groups in total. The molecule has 0 saturated carbocycles. The molecule has 22 heavy (non-hydrogen) atoms. The lowest BCUT2D eigenvalue weighted by Crippen LogP contribution is -2.47. The summed E-state index contributed by atoms with van der Waals surface area (Å²) in [6.07, 6.45) is -0.186. The molecule has 0 fully saturated rings. The molecule has 1 rings (SSSR count). The van der Waals surface area contributed by atoms with E-state index in [0.29, 0.717) is 5.92 Å². The van der Waals surface area contributed by atoms with E-state index in [2.05, 4.69) is 10.6 Å². The van der Waals surface area contributed by atoms with E-state index >= 15 is 0 Å². The van der Waals surface area contributed by atoms with E-state index in [4.69, 9.17) is 0 Å². The zero-order valence-corrected chi connectivity index (χ0v) is 13.4. The molecule has 124 valence electrons. The highest BCUT2D eigenvalue weighted by Gasteiger charge is 2.21. The maximum absolute atomic E-state index is 13.2. The second-order valence-electron chi connectivity index (χ2n) is 5.70. The largest absolute Gasteiger partial charge is 0.386 e. The topological polar surface area (TPSA) is 61.4 Å². The zero-order valence-electron chi connectivity index (χ0n) is 13.4. The monoisotopic (exact) mass is 314 g/mol. The number of aliphatic hydroxyl groups is 1. The van der Waals surface area contributed by atoms with Gasteiger partial charge >= 0.3 is 6.03 Å². The minimum atomic E-state index is -1.13. The van der Waals surface area contributed by atoms with Crippen LogP contribution in [0.2, 0.25) is 0 Å². The molecule has 0 radical (unpaired) electrons. The maximum Gasteiger partial charge on any atom is 0.315 e. The molecule has 0 aliphatic rings. The molecule has 0 bridgehead atoms. The second kappa shape index (κ2) is 8.08. The van der Waals surface area contributed by atoms with Crippen molar-refractivity contribution in [2.45, 2.75) is 52.3 Å². The highest BCUT2D eigenvalue weighted by Crippen LogP contribution is 2.19. The Balaban J connectivity index is 2.61. The van der Waals surface area contributed by atoms with Crippen molar-refractivity contribution in [1.29, 1.82) is 0 Å². The molecule has 0 aliphatic heterocycles. The Bertz CT molecular complexity index is 511. The Morgan fingerprint density at radius 2 is 1.73 bits per heavy atom. The van der Waals surface area contributed by atoms with Crippen LogP contribution in [-0.4, -0.2) is 23.2 Å². The highest BCUT2D eigenvalue weighted by atomic mass is 19.2. The summed E-state index contributed by atoms with van der Waals surface area (Å²) < 4.78 is 26.1. The Hall–Kier alpha value is -1.69. The van der Waals surface area contributed by atoms with E-state index in [1.165, 1.54) is 6.07 Å². The van der Waals surface area contributed by atoms with Crippen LogP contribution in [-0.2, 0) is 0 Å². The predicted molar refractivity (Wildman–Crippen MR) is 81.4 cm³/mol. The summed E-state index contributed by atoms with van der Waals surface area (Å²) in [7, 11) is 0. The fourth-order valence-corrected chi connectivity index (χ4v) is 2.02. The first kappa shape index (κ1) is 18.4. The van der Waals surface area contributed by atoms with Crippen molar-refractivity contribution in [3.05, 3.63) is 35.4 Å². The molecule has 1 aromatic carbocycles. The number of rotatable bonds is 6. The van der Waals surface area contributed by atoms with Gasteiger partial charge in [0.25, 0.3) is 0 Å². The molecule has 4 nitrogen and oxygen atoms in total. The van der Waals surface area contributed by atoms with Crippen molar-refractivity contribution >= 4 is 6.03 Å². The van der Waals surface area contributed by atoms with Crippen LogP contribution in [0.5, 0.6) is 0 Å². The van der Waals surface area contributed by atoms with Gasteiger partial charge in [-0.15, -0.1) is 0 Å². The second-order valence-corrected chi connectivity index (χ2v) is 5.70. The lowest BCUT2D eigenvalue weighted by atomic mass is 10.0. The summed E-state index contributed by atoms with van der Waals surface area (Å²) in [5.74, 6) is -1.67.